The standard InChI is InChI=1S/C7H15NO4S/c1-11-4-5-12-7-8-3-2-6-13(8,9)10/h2-7H2,1H3. The molecular weight excluding hydrogens is 194 g/mol. The van der Waals surface area contributed by atoms with E-state index in [1.165, 1.54) is 4.31 Å². The van der Waals surface area contributed by atoms with Gasteiger partial charge in [0.15, 0.2) is 0 Å². The van der Waals surface area contributed by atoms with Crippen LogP contribution in [0.3, 0.4) is 0 Å². The minimum absolute atomic E-state index is 0.158. The Morgan fingerprint density at radius 3 is 2.69 bits per heavy atom. The second-order valence-corrected chi connectivity index (χ2v) is 4.96. The van der Waals surface area contributed by atoms with Gasteiger partial charge >= 0.3 is 0 Å². The summed E-state index contributed by atoms with van der Waals surface area (Å²) in [6, 6.07) is 0. The fourth-order valence-corrected chi connectivity index (χ4v) is 2.54. The third-order valence-corrected chi connectivity index (χ3v) is 3.75. The first-order valence-corrected chi connectivity index (χ1v) is 5.82. The van der Waals surface area contributed by atoms with Gasteiger partial charge in [0.25, 0.3) is 0 Å². The molecule has 0 bridgehead atoms. The van der Waals surface area contributed by atoms with E-state index < -0.39 is 10.0 Å². The molecule has 0 N–H and O–H groups in total. The van der Waals surface area contributed by atoms with Crippen LogP contribution in [0.2, 0.25) is 0 Å². The van der Waals surface area contributed by atoms with Crippen LogP contribution in [-0.4, -0.2) is 52.1 Å². The summed E-state index contributed by atoms with van der Waals surface area (Å²) >= 11 is 0. The lowest BCUT2D eigenvalue weighted by Crippen LogP contribution is -2.28. The summed E-state index contributed by atoms with van der Waals surface area (Å²) in [5.74, 6) is 0.251. The molecule has 13 heavy (non-hydrogen) atoms. The van der Waals surface area contributed by atoms with Crippen molar-refractivity contribution >= 4 is 10.0 Å². The third-order valence-electron chi connectivity index (χ3n) is 1.87. The topological polar surface area (TPSA) is 55.8 Å². The van der Waals surface area contributed by atoms with Crippen LogP contribution in [0.25, 0.3) is 0 Å². The lowest BCUT2D eigenvalue weighted by atomic mass is 10.5. The molecular formula is C7H15NO4S. The van der Waals surface area contributed by atoms with Gasteiger partial charge in [-0.05, 0) is 6.42 Å². The average molecular weight is 209 g/mol. The Kier molecular flexibility index (Phi) is 4.11. The summed E-state index contributed by atoms with van der Waals surface area (Å²) in [6.45, 7) is 1.66. The molecule has 0 amide bonds. The molecule has 0 unspecified atom stereocenters. The van der Waals surface area contributed by atoms with Crippen LogP contribution >= 0.6 is 0 Å². The predicted molar refractivity (Wildman–Crippen MR) is 47.8 cm³/mol. The van der Waals surface area contributed by atoms with Gasteiger partial charge in [-0.2, -0.15) is 4.31 Å². The number of ether oxygens (including phenoxy) is 2. The van der Waals surface area contributed by atoms with Crippen molar-refractivity contribution in [3.05, 3.63) is 0 Å². The second-order valence-electron chi connectivity index (χ2n) is 2.88. The van der Waals surface area contributed by atoms with Crippen molar-refractivity contribution in [3.8, 4) is 0 Å². The quantitative estimate of drug-likeness (QED) is 0.580. The molecule has 0 aliphatic carbocycles. The van der Waals surface area contributed by atoms with Gasteiger partial charge in [-0.15, -0.1) is 0 Å². The zero-order valence-corrected chi connectivity index (χ0v) is 8.55. The lowest BCUT2D eigenvalue weighted by molar-refractivity contribution is 0.0354. The van der Waals surface area contributed by atoms with Gasteiger partial charge in [0.2, 0.25) is 10.0 Å². The van der Waals surface area contributed by atoms with Gasteiger partial charge < -0.3 is 9.47 Å². The van der Waals surface area contributed by atoms with Gasteiger partial charge in [-0.25, -0.2) is 8.42 Å². The Morgan fingerprint density at radius 2 is 2.15 bits per heavy atom. The maximum Gasteiger partial charge on any atom is 0.216 e. The van der Waals surface area contributed by atoms with Crippen molar-refractivity contribution in [2.75, 3.05) is 39.4 Å². The van der Waals surface area contributed by atoms with Crippen LogP contribution in [0.5, 0.6) is 0 Å². The molecule has 1 aliphatic rings. The summed E-state index contributed by atoms with van der Waals surface area (Å²) in [4.78, 5) is 0. The van der Waals surface area contributed by atoms with Gasteiger partial charge in [0.1, 0.15) is 6.73 Å². The normalized spacial score (nSPS) is 22.2. The Hall–Kier alpha value is -0.170. The highest BCUT2D eigenvalue weighted by atomic mass is 32.2. The molecule has 78 valence electrons. The Balaban J connectivity index is 2.22. The third kappa shape index (κ3) is 3.22. The summed E-state index contributed by atoms with van der Waals surface area (Å²) in [6.07, 6.45) is 0.704. The van der Waals surface area contributed by atoms with E-state index in [1.807, 2.05) is 0 Å². The van der Waals surface area contributed by atoms with Crippen LogP contribution in [0.15, 0.2) is 0 Å². The van der Waals surface area contributed by atoms with E-state index in [9.17, 15) is 8.42 Å². The number of nitrogens with zero attached hydrogens (tertiary/aromatic N) is 1. The van der Waals surface area contributed by atoms with Crippen molar-refractivity contribution < 1.29 is 17.9 Å². The molecule has 0 radical (unpaired) electrons. The molecule has 1 aliphatic heterocycles. The molecule has 6 heteroatoms. The monoisotopic (exact) mass is 209 g/mol. The maximum absolute atomic E-state index is 11.2. The van der Waals surface area contributed by atoms with E-state index in [0.717, 1.165) is 0 Å². The molecule has 1 heterocycles. The van der Waals surface area contributed by atoms with Crippen LogP contribution in [0, 0.1) is 0 Å². The predicted octanol–water partition coefficient (Wildman–Crippen LogP) is -0.358. The van der Waals surface area contributed by atoms with Gasteiger partial charge in [0, 0.05) is 13.7 Å². The largest absolute Gasteiger partial charge is 0.382 e. The van der Waals surface area contributed by atoms with Crippen molar-refractivity contribution in [3.63, 3.8) is 0 Å². The van der Waals surface area contributed by atoms with Crippen molar-refractivity contribution in [2.24, 2.45) is 0 Å². The summed E-state index contributed by atoms with van der Waals surface area (Å²) in [7, 11) is -1.43. The summed E-state index contributed by atoms with van der Waals surface area (Å²) in [5, 5.41) is 0. The molecule has 1 fully saturated rings. The molecule has 0 aromatic rings. The van der Waals surface area contributed by atoms with Gasteiger partial charge in [-0.3, -0.25) is 0 Å². The second kappa shape index (κ2) is 4.90. The minimum atomic E-state index is -3.01. The summed E-state index contributed by atoms with van der Waals surface area (Å²) in [5.41, 5.74) is 0. The Labute approximate surface area is 78.7 Å². The fourth-order valence-electron chi connectivity index (χ4n) is 1.14. The van der Waals surface area contributed by atoms with E-state index in [1.54, 1.807) is 7.11 Å². The maximum atomic E-state index is 11.2. The first-order valence-electron chi connectivity index (χ1n) is 4.21. The fraction of sp³-hybridized carbons (Fsp3) is 1.00. The van der Waals surface area contributed by atoms with E-state index in [2.05, 4.69) is 0 Å². The molecule has 0 atom stereocenters. The van der Waals surface area contributed by atoms with Crippen LogP contribution in [-0.2, 0) is 19.5 Å². The molecule has 0 aromatic heterocycles. The highest BCUT2D eigenvalue weighted by Crippen LogP contribution is 2.12. The van der Waals surface area contributed by atoms with E-state index >= 15 is 0 Å². The zero-order chi connectivity index (χ0) is 9.73. The van der Waals surface area contributed by atoms with Crippen molar-refractivity contribution in [1.82, 2.24) is 4.31 Å². The van der Waals surface area contributed by atoms with E-state index in [0.29, 0.717) is 26.2 Å². The molecule has 1 rings (SSSR count). The first-order chi connectivity index (χ1) is 6.17. The molecule has 5 nitrogen and oxygen atoms in total. The van der Waals surface area contributed by atoms with Crippen LogP contribution in [0.1, 0.15) is 6.42 Å². The van der Waals surface area contributed by atoms with Crippen molar-refractivity contribution in [1.29, 1.82) is 0 Å². The SMILES string of the molecule is COCCOCN1CCCS1(=O)=O. The number of sulfonamides is 1. The highest BCUT2D eigenvalue weighted by molar-refractivity contribution is 7.89. The molecule has 0 saturated carbocycles. The molecule has 0 aromatic carbocycles. The average Bonchev–Trinajstić information content (AvgIpc) is 2.40. The lowest BCUT2D eigenvalue weighted by Gasteiger charge is -2.13. The van der Waals surface area contributed by atoms with Crippen molar-refractivity contribution in [2.45, 2.75) is 6.42 Å². The summed E-state index contributed by atoms with van der Waals surface area (Å²) < 4.78 is 33.7. The first kappa shape index (κ1) is 10.9. The number of hydrogen-bond donors (Lipinski definition) is 0. The van der Waals surface area contributed by atoms with Crippen LogP contribution < -0.4 is 0 Å². The van der Waals surface area contributed by atoms with Gasteiger partial charge in [-0.1, -0.05) is 0 Å². The zero-order valence-electron chi connectivity index (χ0n) is 7.73. The Bertz CT molecular complexity index is 239. The molecule has 1 saturated heterocycles. The Morgan fingerprint density at radius 1 is 1.38 bits per heavy atom. The smallest absolute Gasteiger partial charge is 0.216 e. The van der Waals surface area contributed by atoms with E-state index in [4.69, 9.17) is 9.47 Å². The van der Waals surface area contributed by atoms with Crippen LogP contribution in [0.4, 0.5) is 0 Å². The minimum Gasteiger partial charge on any atom is -0.382 e. The number of methoxy groups -OCH3 is 1. The number of rotatable bonds is 5. The van der Waals surface area contributed by atoms with Gasteiger partial charge in [0.05, 0.1) is 19.0 Å². The van der Waals surface area contributed by atoms with E-state index in [-0.39, 0.29) is 12.5 Å². The molecule has 0 spiro atoms. The highest BCUT2D eigenvalue weighted by Gasteiger charge is 2.27. The number of hydrogen-bond acceptors (Lipinski definition) is 4.